The lowest BCUT2D eigenvalue weighted by atomic mass is 9.99. The number of nitrogens with zero attached hydrogens (tertiary/aromatic N) is 5. The van der Waals surface area contributed by atoms with Crippen molar-refractivity contribution in [2.75, 3.05) is 31.1 Å². The highest BCUT2D eigenvalue weighted by Gasteiger charge is 2.52. The van der Waals surface area contributed by atoms with Gasteiger partial charge in [0.05, 0.1) is 29.9 Å². The lowest BCUT2D eigenvalue weighted by Crippen LogP contribution is -2.66. The number of para-hydroxylation sites is 1. The molecular formula is C32H32N8O3S. The van der Waals surface area contributed by atoms with Crippen LogP contribution in [-0.4, -0.2) is 74.5 Å². The third kappa shape index (κ3) is 5.75. The second-order valence-electron chi connectivity index (χ2n) is 10.8. The van der Waals surface area contributed by atoms with E-state index < -0.39 is 18.2 Å². The van der Waals surface area contributed by atoms with Gasteiger partial charge in [0, 0.05) is 25.2 Å². The Bertz CT molecular complexity index is 1740. The summed E-state index contributed by atoms with van der Waals surface area (Å²) in [5, 5.41) is 6.44. The van der Waals surface area contributed by atoms with Crippen LogP contribution in [0.1, 0.15) is 16.7 Å². The number of amides is 4. The molecule has 44 heavy (non-hydrogen) atoms. The van der Waals surface area contributed by atoms with Crippen LogP contribution in [0.4, 0.5) is 15.6 Å². The minimum Gasteiger partial charge on any atom is -0.399 e. The monoisotopic (exact) mass is 608 g/mol. The molecule has 0 unspecified atom stereocenters. The summed E-state index contributed by atoms with van der Waals surface area (Å²) < 4.78 is 0.928. The van der Waals surface area contributed by atoms with Crippen molar-refractivity contribution in [3.63, 3.8) is 0 Å². The lowest BCUT2D eigenvalue weighted by molar-refractivity contribution is -0.157. The van der Waals surface area contributed by atoms with Crippen molar-refractivity contribution in [1.82, 2.24) is 30.1 Å². The number of hydrogen-bond donors (Lipinski definition) is 3. The second-order valence-corrected chi connectivity index (χ2v) is 11.8. The van der Waals surface area contributed by atoms with Gasteiger partial charge in [-0.15, -0.1) is 6.42 Å². The number of rotatable bonds is 8. The number of nitrogens with two attached hydrogens (primary N) is 2. The highest BCUT2D eigenvalue weighted by molar-refractivity contribution is 7.22. The SMILES string of the molecule is C#CCN(C(=O)NCc1ccccc1)N1CC(=O)N2[C@@H](Cc3ccc(N)cc3)C(=O)N(Cc3cccc4sc(N)nc34)C[C@@H]21. The van der Waals surface area contributed by atoms with Gasteiger partial charge in [0.25, 0.3) is 0 Å². The van der Waals surface area contributed by atoms with E-state index in [1.165, 1.54) is 16.3 Å². The van der Waals surface area contributed by atoms with Gasteiger partial charge in [0.1, 0.15) is 12.2 Å². The minimum atomic E-state index is -0.797. The molecule has 4 aromatic rings. The van der Waals surface area contributed by atoms with Gasteiger partial charge in [-0.05, 0) is 34.9 Å². The van der Waals surface area contributed by atoms with Crippen LogP contribution < -0.4 is 16.8 Å². The summed E-state index contributed by atoms with van der Waals surface area (Å²) >= 11 is 1.39. The predicted octanol–water partition coefficient (Wildman–Crippen LogP) is 2.64. The maximum absolute atomic E-state index is 14.1. The first kappa shape index (κ1) is 29.0. The Morgan fingerprint density at radius 3 is 2.57 bits per heavy atom. The van der Waals surface area contributed by atoms with Crippen LogP contribution in [0.2, 0.25) is 0 Å². The van der Waals surface area contributed by atoms with Crippen molar-refractivity contribution in [3.8, 4) is 12.3 Å². The number of carbonyl (C=O) groups excluding carboxylic acids is 3. The van der Waals surface area contributed by atoms with Gasteiger partial charge < -0.3 is 26.6 Å². The van der Waals surface area contributed by atoms with Gasteiger partial charge in [-0.25, -0.2) is 14.8 Å². The van der Waals surface area contributed by atoms with E-state index in [0.29, 0.717) is 17.4 Å². The molecule has 11 nitrogen and oxygen atoms in total. The number of aromatic nitrogens is 1. The number of nitrogen functional groups attached to an aromatic ring is 2. The van der Waals surface area contributed by atoms with E-state index in [9.17, 15) is 14.4 Å². The third-order valence-electron chi connectivity index (χ3n) is 7.93. The van der Waals surface area contributed by atoms with E-state index in [0.717, 1.165) is 26.9 Å². The van der Waals surface area contributed by atoms with E-state index in [1.807, 2.05) is 60.7 Å². The molecule has 12 heteroatoms. The van der Waals surface area contributed by atoms with Crippen molar-refractivity contribution < 1.29 is 14.4 Å². The number of urea groups is 1. The van der Waals surface area contributed by atoms with Gasteiger partial charge in [-0.3, -0.25) is 9.59 Å². The van der Waals surface area contributed by atoms with Crippen LogP contribution in [0.3, 0.4) is 0 Å². The number of carbonyl (C=O) groups is 3. The van der Waals surface area contributed by atoms with E-state index >= 15 is 0 Å². The zero-order chi connectivity index (χ0) is 30.8. The summed E-state index contributed by atoms with van der Waals surface area (Å²) in [6, 6.07) is 21.3. The van der Waals surface area contributed by atoms with Crippen molar-refractivity contribution in [2.24, 2.45) is 0 Å². The lowest BCUT2D eigenvalue weighted by Gasteiger charge is -2.46. The Hall–Kier alpha value is -5.12. The molecule has 4 amide bonds. The summed E-state index contributed by atoms with van der Waals surface area (Å²) in [4.78, 5) is 49.1. The molecule has 2 aliphatic heterocycles. The Morgan fingerprint density at radius 2 is 1.82 bits per heavy atom. The second kappa shape index (κ2) is 12.2. The normalized spacial score (nSPS) is 18.3. The molecule has 6 rings (SSSR count). The molecular weight excluding hydrogens is 576 g/mol. The van der Waals surface area contributed by atoms with Crippen molar-refractivity contribution in [3.05, 3.63) is 89.5 Å². The quantitative estimate of drug-likeness (QED) is 0.206. The highest BCUT2D eigenvalue weighted by Crippen LogP contribution is 2.32. The first-order valence-electron chi connectivity index (χ1n) is 14.2. The van der Waals surface area contributed by atoms with E-state index in [1.54, 1.807) is 26.9 Å². The molecule has 2 atom stereocenters. The summed E-state index contributed by atoms with van der Waals surface area (Å²) in [5.41, 5.74) is 15.9. The molecule has 2 aliphatic rings. The topological polar surface area (TPSA) is 141 Å². The third-order valence-corrected chi connectivity index (χ3v) is 8.78. The Kier molecular flexibility index (Phi) is 8.06. The van der Waals surface area contributed by atoms with Crippen molar-refractivity contribution in [2.45, 2.75) is 31.7 Å². The number of hydrazine groups is 1. The fourth-order valence-electron chi connectivity index (χ4n) is 5.85. The molecule has 3 aromatic carbocycles. The predicted molar refractivity (Wildman–Crippen MR) is 169 cm³/mol. The van der Waals surface area contributed by atoms with Gasteiger partial charge in [0.2, 0.25) is 11.8 Å². The van der Waals surface area contributed by atoms with Gasteiger partial charge in [-0.1, -0.05) is 71.9 Å². The molecule has 0 saturated carbocycles. The molecule has 224 valence electrons. The van der Waals surface area contributed by atoms with Crippen LogP contribution in [0, 0.1) is 12.3 Å². The Labute approximate surface area is 259 Å². The molecule has 3 heterocycles. The number of fused-ring (bicyclic) bond motifs is 2. The molecule has 0 bridgehead atoms. The molecule has 0 aliphatic carbocycles. The number of piperazine rings is 1. The molecule has 2 saturated heterocycles. The number of terminal acetylenes is 1. The fourth-order valence-corrected chi connectivity index (χ4v) is 6.64. The van der Waals surface area contributed by atoms with Crippen LogP contribution in [0.5, 0.6) is 0 Å². The average molecular weight is 609 g/mol. The largest absolute Gasteiger partial charge is 0.399 e. The number of anilines is 2. The smallest absolute Gasteiger partial charge is 0.333 e. The summed E-state index contributed by atoms with van der Waals surface area (Å²) in [6.45, 7) is 0.585. The van der Waals surface area contributed by atoms with Crippen molar-refractivity contribution >= 4 is 50.2 Å². The first-order valence-corrected chi connectivity index (χ1v) is 15.0. The zero-order valence-corrected chi connectivity index (χ0v) is 24.7. The van der Waals surface area contributed by atoms with E-state index in [4.69, 9.17) is 17.9 Å². The van der Waals surface area contributed by atoms with Crippen LogP contribution in [-0.2, 0) is 29.1 Å². The highest BCUT2D eigenvalue weighted by atomic mass is 32.1. The summed E-state index contributed by atoms with van der Waals surface area (Å²) in [5.74, 6) is 2.11. The Morgan fingerprint density at radius 1 is 1.05 bits per heavy atom. The van der Waals surface area contributed by atoms with E-state index in [-0.39, 0.29) is 44.4 Å². The molecule has 1 aromatic heterocycles. The van der Waals surface area contributed by atoms with Crippen LogP contribution >= 0.6 is 11.3 Å². The number of hydrogen-bond acceptors (Lipinski definition) is 8. The molecule has 5 N–H and O–H groups in total. The van der Waals surface area contributed by atoms with E-state index in [2.05, 4.69) is 16.2 Å². The molecule has 2 fully saturated rings. The standard InChI is InChI=1S/C32H32N8O3S/c1-2-15-38(32(43)35-17-22-7-4-3-5-8-22)39-20-28(41)40-25(16-21-11-13-24(33)14-12-21)30(42)37(19-27(39)40)18-23-9-6-10-26-29(23)36-31(34)44-26/h1,3-14,25,27H,15-20,33H2,(H2,34,36)(H,35,43)/t25-,27+/m0/s1. The summed E-state index contributed by atoms with van der Waals surface area (Å²) in [7, 11) is 0. The average Bonchev–Trinajstić information content (AvgIpc) is 3.57. The minimum absolute atomic E-state index is 0.0494. The first-order chi connectivity index (χ1) is 21.3. The van der Waals surface area contributed by atoms with Gasteiger partial charge in [0.15, 0.2) is 5.13 Å². The van der Waals surface area contributed by atoms with Crippen molar-refractivity contribution in [1.29, 1.82) is 0 Å². The number of benzene rings is 3. The summed E-state index contributed by atoms with van der Waals surface area (Å²) in [6.07, 6.45) is 5.38. The zero-order valence-electron chi connectivity index (χ0n) is 23.9. The molecule has 0 spiro atoms. The number of nitrogens with one attached hydrogen (secondary N) is 1. The Balaban J connectivity index is 1.32. The van der Waals surface area contributed by atoms with Gasteiger partial charge in [-0.2, -0.15) is 5.01 Å². The van der Waals surface area contributed by atoms with Crippen LogP contribution in [0.25, 0.3) is 10.2 Å². The maximum Gasteiger partial charge on any atom is 0.333 e. The molecule has 0 radical (unpaired) electrons. The fraction of sp³-hybridized carbons (Fsp3) is 0.250. The van der Waals surface area contributed by atoms with Crippen LogP contribution in [0.15, 0.2) is 72.8 Å². The number of thiazole rings is 1. The maximum atomic E-state index is 14.1. The van der Waals surface area contributed by atoms with Gasteiger partial charge >= 0.3 is 6.03 Å².